The van der Waals surface area contributed by atoms with Gasteiger partial charge in [0.1, 0.15) is 0 Å². The van der Waals surface area contributed by atoms with E-state index in [0.29, 0.717) is 23.9 Å². The Morgan fingerprint density at radius 2 is 2.10 bits per heavy atom. The van der Waals surface area contributed by atoms with Crippen molar-refractivity contribution in [2.24, 2.45) is 17.8 Å². The summed E-state index contributed by atoms with van der Waals surface area (Å²) in [6.07, 6.45) is 8.60. The molecule has 0 amide bonds. The SMILES string of the molecule is CCCC1OC(C)(C2CC(C)=CC(C)C2)OCC1CC. The molecule has 1 heterocycles. The zero-order valence-corrected chi connectivity index (χ0v) is 13.9. The summed E-state index contributed by atoms with van der Waals surface area (Å²) >= 11 is 0. The first-order valence-corrected chi connectivity index (χ1v) is 8.47. The Bertz CT molecular complexity index is 349. The second-order valence-corrected chi connectivity index (χ2v) is 7.07. The molecule has 116 valence electrons. The average Bonchev–Trinajstić information content (AvgIpc) is 2.38. The average molecular weight is 280 g/mol. The smallest absolute Gasteiger partial charge is 0.168 e. The maximum Gasteiger partial charge on any atom is 0.168 e. The van der Waals surface area contributed by atoms with Crippen LogP contribution in [0.15, 0.2) is 11.6 Å². The van der Waals surface area contributed by atoms with Crippen molar-refractivity contribution in [1.29, 1.82) is 0 Å². The van der Waals surface area contributed by atoms with E-state index in [1.165, 1.54) is 18.4 Å². The fourth-order valence-electron chi connectivity index (χ4n) is 3.93. The van der Waals surface area contributed by atoms with Gasteiger partial charge in [-0.05, 0) is 45.4 Å². The highest BCUT2D eigenvalue weighted by molar-refractivity contribution is 5.08. The number of hydrogen-bond acceptors (Lipinski definition) is 2. The van der Waals surface area contributed by atoms with Gasteiger partial charge in [0.05, 0.1) is 12.7 Å². The molecule has 0 radical (unpaired) electrons. The Kier molecular flexibility index (Phi) is 5.30. The first-order valence-electron chi connectivity index (χ1n) is 8.47. The monoisotopic (exact) mass is 280 g/mol. The van der Waals surface area contributed by atoms with Gasteiger partial charge < -0.3 is 9.47 Å². The lowest BCUT2D eigenvalue weighted by atomic mass is 9.78. The van der Waals surface area contributed by atoms with Crippen LogP contribution in [0.5, 0.6) is 0 Å². The number of rotatable bonds is 4. The minimum atomic E-state index is -0.380. The van der Waals surface area contributed by atoms with Crippen molar-refractivity contribution in [3.63, 3.8) is 0 Å². The molecular weight excluding hydrogens is 248 g/mol. The summed E-state index contributed by atoms with van der Waals surface area (Å²) in [6.45, 7) is 12.1. The predicted molar refractivity (Wildman–Crippen MR) is 83.6 cm³/mol. The van der Waals surface area contributed by atoms with Crippen LogP contribution in [-0.4, -0.2) is 18.5 Å². The van der Waals surface area contributed by atoms with E-state index in [4.69, 9.17) is 9.47 Å². The van der Waals surface area contributed by atoms with Crippen molar-refractivity contribution in [3.05, 3.63) is 11.6 Å². The van der Waals surface area contributed by atoms with Crippen LogP contribution in [0.2, 0.25) is 0 Å². The summed E-state index contributed by atoms with van der Waals surface area (Å²) in [5.41, 5.74) is 1.49. The van der Waals surface area contributed by atoms with Crippen molar-refractivity contribution in [3.8, 4) is 0 Å². The fourth-order valence-corrected chi connectivity index (χ4v) is 3.93. The second-order valence-electron chi connectivity index (χ2n) is 7.07. The summed E-state index contributed by atoms with van der Waals surface area (Å²) in [4.78, 5) is 0. The van der Waals surface area contributed by atoms with Gasteiger partial charge in [0.15, 0.2) is 5.79 Å². The normalized spacial score (nSPS) is 42.4. The van der Waals surface area contributed by atoms with Crippen molar-refractivity contribution < 1.29 is 9.47 Å². The number of hydrogen-bond donors (Lipinski definition) is 0. The van der Waals surface area contributed by atoms with E-state index in [1.54, 1.807) is 0 Å². The molecule has 2 rings (SSSR count). The Morgan fingerprint density at radius 3 is 2.70 bits per heavy atom. The van der Waals surface area contributed by atoms with E-state index < -0.39 is 0 Å². The zero-order valence-electron chi connectivity index (χ0n) is 13.9. The maximum absolute atomic E-state index is 6.50. The molecule has 1 saturated heterocycles. The Balaban J connectivity index is 2.08. The molecule has 20 heavy (non-hydrogen) atoms. The van der Waals surface area contributed by atoms with E-state index in [-0.39, 0.29) is 5.79 Å². The highest BCUT2D eigenvalue weighted by Gasteiger charge is 2.45. The summed E-state index contributed by atoms with van der Waals surface area (Å²) in [7, 11) is 0. The van der Waals surface area contributed by atoms with E-state index in [0.717, 1.165) is 25.9 Å². The molecule has 5 atom stereocenters. The summed E-state index contributed by atoms with van der Waals surface area (Å²) in [5.74, 6) is 1.33. The van der Waals surface area contributed by atoms with E-state index >= 15 is 0 Å². The van der Waals surface area contributed by atoms with Crippen molar-refractivity contribution in [2.75, 3.05) is 6.61 Å². The van der Waals surface area contributed by atoms with Gasteiger partial charge in [-0.25, -0.2) is 0 Å². The standard InChI is InChI=1S/C18H32O2/c1-6-8-17-15(7-2)12-19-18(5,20-17)16-10-13(3)9-14(4)11-16/h9,13,15-17H,6-8,10-12H2,1-5H3. The van der Waals surface area contributed by atoms with E-state index in [9.17, 15) is 0 Å². The van der Waals surface area contributed by atoms with Crippen molar-refractivity contribution in [2.45, 2.75) is 78.6 Å². The number of ether oxygens (including phenoxy) is 2. The quantitative estimate of drug-likeness (QED) is 0.679. The third kappa shape index (κ3) is 3.46. The third-order valence-electron chi connectivity index (χ3n) is 5.13. The topological polar surface area (TPSA) is 18.5 Å². The maximum atomic E-state index is 6.50. The predicted octanol–water partition coefficient (Wildman–Crippen LogP) is 4.94. The second kappa shape index (κ2) is 6.62. The largest absolute Gasteiger partial charge is 0.350 e. The summed E-state index contributed by atoms with van der Waals surface area (Å²) in [5, 5.41) is 0. The van der Waals surface area contributed by atoms with Gasteiger partial charge >= 0.3 is 0 Å². The molecule has 0 N–H and O–H groups in total. The minimum absolute atomic E-state index is 0.380. The first-order chi connectivity index (χ1) is 9.48. The van der Waals surface area contributed by atoms with Gasteiger partial charge in [-0.1, -0.05) is 38.8 Å². The lowest BCUT2D eigenvalue weighted by Gasteiger charge is -2.48. The van der Waals surface area contributed by atoms with Crippen LogP contribution >= 0.6 is 0 Å². The molecule has 0 saturated carbocycles. The molecular formula is C18H32O2. The van der Waals surface area contributed by atoms with Crippen LogP contribution in [0.1, 0.15) is 66.7 Å². The molecule has 0 aromatic heterocycles. The summed E-state index contributed by atoms with van der Waals surface area (Å²) in [6, 6.07) is 0. The zero-order chi connectivity index (χ0) is 14.8. The van der Waals surface area contributed by atoms with Crippen LogP contribution in [-0.2, 0) is 9.47 Å². The Labute approximate surface area is 124 Å². The van der Waals surface area contributed by atoms with Crippen LogP contribution in [0, 0.1) is 17.8 Å². The van der Waals surface area contributed by atoms with E-state index in [1.807, 2.05) is 0 Å². The Morgan fingerprint density at radius 1 is 1.35 bits per heavy atom. The molecule has 1 fully saturated rings. The first kappa shape index (κ1) is 16.0. The van der Waals surface area contributed by atoms with E-state index in [2.05, 4.69) is 40.7 Å². The van der Waals surface area contributed by atoms with Crippen molar-refractivity contribution >= 4 is 0 Å². The molecule has 1 aliphatic heterocycles. The molecule has 0 aromatic carbocycles. The molecule has 2 aliphatic rings. The molecule has 5 unspecified atom stereocenters. The highest BCUT2D eigenvalue weighted by atomic mass is 16.7. The Hall–Kier alpha value is -0.340. The van der Waals surface area contributed by atoms with Gasteiger partial charge in [0.25, 0.3) is 0 Å². The van der Waals surface area contributed by atoms with Gasteiger partial charge in [-0.15, -0.1) is 0 Å². The summed E-state index contributed by atoms with van der Waals surface area (Å²) < 4.78 is 12.7. The minimum Gasteiger partial charge on any atom is -0.350 e. The van der Waals surface area contributed by atoms with Gasteiger partial charge in [-0.3, -0.25) is 0 Å². The van der Waals surface area contributed by atoms with Crippen LogP contribution in [0.25, 0.3) is 0 Å². The molecule has 2 heteroatoms. The third-order valence-corrected chi connectivity index (χ3v) is 5.13. The highest BCUT2D eigenvalue weighted by Crippen LogP contribution is 2.42. The molecule has 0 aromatic rings. The fraction of sp³-hybridized carbons (Fsp3) is 0.889. The van der Waals surface area contributed by atoms with Crippen molar-refractivity contribution in [1.82, 2.24) is 0 Å². The molecule has 0 spiro atoms. The van der Waals surface area contributed by atoms with Crippen LogP contribution in [0.4, 0.5) is 0 Å². The van der Waals surface area contributed by atoms with Crippen LogP contribution < -0.4 is 0 Å². The lowest BCUT2D eigenvalue weighted by molar-refractivity contribution is -0.328. The molecule has 1 aliphatic carbocycles. The van der Waals surface area contributed by atoms with Crippen LogP contribution in [0.3, 0.4) is 0 Å². The lowest BCUT2D eigenvalue weighted by Crippen LogP contribution is -2.52. The van der Waals surface area contributed by atoms with Gasteiger partial charge in [0, 0.05) is 11.8 Å². The number of allylic oxidation sites excluding steroid dienone is 2. The van der Waals surface area contributed by atoms with Gasteiger partial charge in [0.2, 0.25) is 0 Å². The molecule has 0 bridgehead atoms. The molecule has 2 nitrogen and oxygen atoms in total. The van der Waals surface area contributed by atoms with Gasteiger partial charge in [-0.2, -0.15) is 0 Å².